The molecule has 1 aliphatic rings. The summed E-state index contributed by atoms with van der Waals surface area (Å²) in [6.07, 6.45) is 1.80. The predicted molar refractivity (Wildman–Crippen MR) is 154 cm³/mol. The van der Waals surface area contributed by atoms with Gasteiger partial charge in [0, 0.05) is 6.42 Å². The molecule has 1 saturated heterocycles. The molecule has 5 aromatic rings. The predicted octanol–water partition coefficient (Wildman–Crippen LogP) is 7.15. The first-order chi connectivity index (χ1) is 19.5. The fraction of sp³-hybridized carbons (Fsp3) is 0.0294. The summed E-state index contributed by atoms with van der Waals surface area (Å²) >= 11 is 0. The summed E-state index contributed by atoms with van der Waals surface area (Å²) in [6.45, 7) is 0. The third kappa shape index (κ3) is 4.46. The second-order valence-electron chi connectivity index (χ2n) is 9.42. The molecule has 6 rings (SSSR count). The van der Waals surface area contributed by atoms with E-state index in [-0.39, 0.29) is 17.8 Å². The van der Waals surface area contributed by atoms with E-state index in [4.69, 9.17) is 0 Å². The molecule has 5 nitrogen and oxygen atoms in total. The molecule has 0 aliphatic carbocycles. The van der Waals surface area contributed by atoms with Gasteiger partial charge in [0.25, 0.3) is 11.8 Å². The number of anilines is 2. The van der Waals surface area contributed by atoms with Gasteiger partial charge in [-0.05, 0) is 63.9 Å². The first-order valence-corrected chi connectivity index (χ1v) is 12.8. The van der Waals surface area contributed by atoms with Gasteiger partial charge in [-0.1, -0.05) is 91.0 Å². The molecule has 5 aromatic carbocycles. The molecule has 0 radical (unpaired) electrons. The van der Waals surface area contributed by atoms with Crippen molar-refractivity contribution in [1.82, 2.24) is 0 Å². The standard InChI is InChI=1S/C34H23FN2O3/c35-31-18-10-8-12-25(31)21-24-20-19-23-11-7-9-17-28(23)29(24)22-30-32(38)36(26-13-3-1-4-14-26)34(40)37(33(30)39)27-15-5-2-6-16-27/h1-20,22H,21H2. The van der Waals surface area contributed by atoms with Crippen LogP contribution in [0, 0.1) is 5.82 Å². The van der Waals surface area contributed by atoms with E-state index in [1.54, 1.807) is 84.9 Å². The van der Waals surface area contributed by atoms with Gasteiger partial charge >= 0.3 is 6.03 Å². The summed E-state index contributed by atoms with van der Waals surface area (Å²) in [7, 11) is 0. The number of imide groups is 2. The minimum atomic E-state index is -0.756. The van der Waals surface area contributed by atoms with Crippen LogP contribution in [-0.4, -0.2) is 17.8 Å². The zero-order valence-corrected chi connectivity index (χ0v) is 21.3. The van der Waals surface area contributed by atoms with Crippen LogP contribution in [0.2, 0.25) is 0 Å². The molecule has 0 atom stereocenters. The number of halogens is 1. The molecule has 0 aromatic heterocycles. The Morgan fingerprint density at radius 1 is 0.575 bits per heavy atom. The van der Waals surface area contributed by atoms with Crippen LogP contribution < -0.4 is 9.80 Å². The number of amides is 4. The van der Waals surface area contributed by atoms with Crippen molar-refractivity contribution in [3.8, 4) is 0 Å². The lowest BCUT2D eigenvalue weighted by Crippen LogP contribution is -2.57. The van der Waals surface area contributed by atoms with Gasteiger partial charge in [-0.2, -0.15) is 0 Å². The quantitative estimate of drug-likeness (QED) is 0.180. The number of nitrogens with zero attached hydrogens (tertiary/aromatic N) is 2. The van der Waals surface area contributed by atoms with Gasteiger partial charge < -0.3 is 0 Å². The molecule has 4 amide bonds. The fourth-order valence-electron chi connectivity index (χ4n) is 5.00. The summed E-state index contributed by atoms with van der Waals surface area (Å²) in [5.41, 5.74) is 2.38. The van der Waals surface area contributed by atoms with Gasteiger partial charge in [0.15, 0.2) is 0 Å². The Labute approximate surface area is 230 Å². The van der Waals surface area contributed by atoms with E-state index in [2.05, 4.69) is 0 Å². The van der Waals surface area contributed by atoms with E-state index < -0.39 is 17.8 Å². The van der Waals surface area contributed by atoms with Gasteiger partial charge in [0.05, 0.1) is 11.4 Å². The topological polar surface area (TPSA) is 57.7 Å². The van der Waals surface area contributed by atoms with Crippen molar-refractivity contribution in [3.63, 3.8) is 0 Å². The molecular weight excluding hydrogens is 503 g/mol. The van der Waals surface area contributed by atoms with Gasteiger partial charge in [-0.3, -0.25) is 9.59 Å². The molecule has 1 aliphatic heterocycles. The van der Waals surface area contributed by atoms with Crippen molar-refractivity contribution >= 4 is 46.1 Å². The normalized spacial score (nSPS) is 13.7. The number of hydrogen-bond donors (Lipinski definition) is 0. The Balaban J connectivity index is 1.56. The van der Waals surface area contributed by atoms with Crippen LogP contribution in [0.5, 0.6) is 0 Å². The smallest absolute Gasteiger partial charge is 0.268 e. The minimum absolute atomic E-state index is 0.168. The molecule has 0 N–H and O–H groups in total. The number of hydrogen-bond acceptors (Lipinski definition) is 3. The van der Waals surface area contributed by atoms with Gasteiger partial charge in [-0.15, -0.1) is 0 Å². The molecular formula is C34H23FN2O3. The molecule has 194 valence electrons. The highest BCUT2D eigenvalue weighted by atomic mass is 19.1. The number of benzene rings is 5. The summed E-state index contributed by atoms with van der Waals surface area (Å²) < 4.78 is 14.7. The molecule has 6 heteroatoms. The van der Waals surface area contributed by atoms with Gasteiger partial charge in [0.1, 0.15) is 11.4 Å². The van der Waals surface area contributed by atoms with Crippen LogP contribution in [0.15, 0.2) is 127 Å². The lowest BCUT2D eigenvalue weighted by atomic mass is 9.92. The van der Waals surface area contributed by atoms with E-state index in [1.165, 1.54) is 6.07 Å². The highest BCUT2D eigenvalue weighted by Gasteiger charge is 2.43. The number of carbonyl (C=O) groups excluding carboxylic acids is 3. The van der Waals surface area contributed by atoms with Crippen LogP contribution in [0.1, 0.15) is 16.7 Å². The molecule has 0 bridgehead atoms. The van der Waals surface area contributed by atoms with Crippen molar-refractivity contribution < 1.29 is 18.8 Å². The second kappa shape index (κ2) is 10.4. The van der Waals surface area contributed by atoms with Crippen LogP contribution in [-0.2, 0) is 16.0 Å². The number of carbonyl (C=O) groups is 3. The average Bonchev–Trinajstić information content (AvgIpc) is 2.98. The Bertz CT molecular complexity index is 1740. The molecule has 0 spiro atoms. The number of barbiturate groups is 1. The Hall–Kier alpha value is -5.36. The van der Waals surface area contributed by atoms with Crippen molar-refractivity contribution in [2.24, 2.45) is 0 Å². The largest absolute Gasteiger partial charge is 0.343 e. The maximum absolute atomic E-state index is 14.7. The Kier molecular flexibility index (Phi) is 6.50. The first-order valence-electron chi connectivity index (χ1n) is 12.8. The Morgan fingerprint density at radius 3 is 1.75 bits per heavy atom. The second-order valence-corrected chi connectivity index (χ2v) is 9.42. The number of fused-ring (bicyclic) bond motifs is 1. The van der Waals surface area contributed by atoms with Crippen molar-refractivity contribution in [3.05, 3.63) is 149 Å². The zero-order valence-electron chi connectivity index (χ0n) is 21.3. The van der Waals surface area contributed by atoms with E-state index in [1.807, 2.05) is 36.4 Å². The monoisotopic (exact) mass is 526 g/mol. The highest BCUT2D eigenvalue weighted by Crippen LogP contribution is 2.32. The maximum Gasteiger partial charge on any atom is 0.343 e. The zero-order chi connectivity index (χ0) is 27.6. The van der Waals surface area contributed by atoms with E-state index in [9.17, 15) is 18.8 Å². The molecule has 0 saturated carbocycles. The lowest BCUT2D eigenvalue weighted by Gasteiger charge is -2.34. The molecule has 1 heterocycles. The highest BCUT2D eigenvalue weighted by molar-refractivity contribution is 6.46. The third-order valence-corrected chi connectivity index (χ3v) is 6.97. The number of para-hydroxylation sites is 2. The lowest BCUT2D eigenvalue weighted by molar-refractivity contribution is -0.121. The van der Waals surface area contributed by atoms with Gasteiger partial charge in [-0.25, -0.2) is 19.0 Å². The number of rotatable bonds is 5. The van der Waals surface area contributed by atoms with Crippen LogP contribution >= 0.6 is 0 Å². The summed E-state index contributed by atoms with van der Waals surface area (Å²) in [5.74, 6) is -1.79. The van der Waals surface area contributed by atoms with Gasteiger partial charge in [0.2, 0.25) is 0 Å². The van der Waals surface area contributed by atoms with Crippen molar-refractivity contribution in [1.29, 1.82) is 0 Å². The molecule has 0 unspecified atom stereocenters. The maximum atomic E-state index is 14.7. The Morgan fingerprint density at radius 2 is 1.12 bits per heavy atom. The first kappa shape index (κ1) is 24.9. The third-order valence-electron chi connectivity index (χ3n) is 6.97. The summed E-state index contributed by atoms with van der Waals surface area (Å²) in [6, 6.07) is 34.2. The van der Waals surface area contributed by atoms with Crippen LogP contribution in [0.4, 0.5) is 20.6 Å². The van der Waals surface area contributed by atoms with Crippen LogP contribution in [0.25, 0.3) is 16.8 Å². The van der Waals surface area contributed by atoms with E-state index >= 15 is 0 Å². The number of urea groups is 1. The SMILES string of the molecule is O=C1C(=Cc2c(Cc3ccccc3F)ccc3ccccc23)C(=O)N(c2ccccc2)C(=O)N1c1ccccc1. The van der Waals surface area contributed by atoms with Crippen molar-refractivity contribution in [2.45, 2.75) is 6.42 Å². The van der Waals surface area contributed by atoms with E-state index in [0.29, 0.717) is 22.5 Å². The molecule has 40 heavy (non-hydrogen) atoms. The van der Waals surface area contributed by atoms with Crippen molar-refractivity contribution in [2.75, 3.05) is 9.80 Å². The molecule has 1 fully saturated rings. The van der Waals surface area contributed by atoms with Crippen LogP contribution in [0.3, 0.4) is 0 Å². The summed E-state index contributed by atoms with van der Waals surface area (Å²) in [4.78, 5) is 43.5. The fourth-order valence-corrected chi connectivity index (χ4v) is 5.00. The summed E-state index contributed by atoms with van der Waals surface area (Å²) in [5, 5.41) is 1.71. The van der Waals surface area contributed by atoms with E-state index in [0.717, 1.165) is 26.1 Å². The average molecular weight is 527 g/mol. The minimum Gasteiger partial charge on any atom is -0.268 e.